The van der Waals surface area contributed by atoms with Crippen LogP contribution in [0.15, 0.2) is 231 Å². The molecule has 0 amide bonds. The molecule has 13 rings (SSSR count). The highest BCUT2D eigenvalue weighted by Crippen LogP contribution is 2.45. The van der Waals surface area contributed by atoms with E-state index in [9.17, 15) is 10.5 Å². The van der Waals surface area contributed by atoms with Crippen molar-refractivity contribution in [1.82, 2.24) is 19.1 Å². The lowest BCUT2D eigenvalue weighted by Gasteiger charge is -2.20. The summed E-state index contributed by atoms with van der Waals surface area (Å²) in [4.78, 5) is 17.9. The molecule has 3 aromatic heterocycles. The Hall–Kier alpha value is -11.2. The van der Waals surface area contributed by atoms with E-state index in [0.717, 1.165) is 111 Å². The van der Waals surface area contributed by atoms with Crippen molar-refractivity contribution in [3.63, 3.8) is 0 Å². The lowest BCUT2D eigenvalue weighted by molar-refractivity contribution is 1.16. The number of fused-ring (bicyclic) bond motifs is 6. The molecule has 13 aromatic rings. The molecule has 10 aromatic carbocycles. The maximum atomic E-state index is 10.4. The number of para-hydroxylation sites is 3. The molecule has 0 N–H and O–H groups in total. The van der Waals surface area contributed by atoms with Crippen LogP contribution < -0.4 is 0 Å². The second kappa shape index (κ2) is 18.5. The molecule has 350 valence electrons. The minimum atomic E-state index is 0.386. The third-order valence-corrected chi connectivity index (χ3v) is 14.3. The van der Waals surface area contributed by atoms with Crippen LogP contribution in [0.2, 0.25) is 0 Å². The number of nitrogens with zero attached hydrogens (tertiary/aromatic N) is 8. The SMILES string of the molecule is [C-]#[N+]c1ccc(-c2ccc3c(c2)c2cc(-c4ccc(C#N)cc4[N+]#[C-])ccc2n3-c2ccc(-c3cc(-c4ccccc4)nc(-c4ccccc4)n3)cc2-c2ccccc2-n2c3ccccc3c3ccccc32)c(C#N)c1. The van der Waals surface area contributed by atoms with Gasteiger partial charge in [0.15, 0.2) is 17.2 Å². The molecule has 0 bridgehead atoms. The Morgan fingerprint density at radius 2 is 0.921 bits per heavy atom. The molecule has 0 spiro atoms. The van der Waals surface area contributed by atoms with E-state index in [1.165, 1.54) is 0 Å². The Kier molecular flexibility index (Phi) is 10.9. The third-order valence-electron chi connectivity index (χ3n) is 14.3. The first-order chi connectivity index (χ1) is 37.5. The monoisotopic (exact) mass is 966 g/mol. The molecular formula is C68H38N8. The first kappa shape index (κ1) is 44.8. The van der Waals surface area contributed by atoms with Gasteiger partial charge in [0.25, 0.3) is 0 Å². The Morgan fingerprint density at radius 3 is 1.57 bits per heavy atom. The average Bonchev–Trinajstić information content (AvgIpc) is 4.02. The van der Waals surface area contributed by atoms with Crippen LogP contribution in [-0.2, 0) is 0 Å². The predicted octanol–water partition coefficient (Wildman–Crippen LogP) is 17.5. The van der Waals surface area contributed by atoms with Gasteiger partial charge in [0.05, 0.1) is 70.1 Å². The number of hydrogen-bond donors (Lipinski definition) is 0. The Labute approximate surface area is 437 Å². The zero-order valence-electron chi connectivity index (χ0n) is 40.5. The molecule has 0 aliphatic heterocycles. The maximum absolute atomic E-state index is 10.4. The highest BCUT2D eigenvalue weighted by molar-refractivity contribution is 6.13. The number of aromatic nitrogens is 4. The molecular weight excluding hydrogens is 929 g/mol. The first-order valence-corrected chi connectivity index (χ1v) is 24.6. The van der Waals surface area contributed by atoms with Gasteiger partial charge in [-0.25, -0.2) is 19.7 Å². The second-order valence-corrected chi connectivity index (χ2v) is 18.5. The largest absolute Gasteiger partial charge is 0.309 e. The summed E-state index contributed by atoms with van der Waals surface area (Å²) in [5.41, 5.74) is 16.9. The number of hydrogen-bond acceptors (Lipinski definition) is 4. The van der Waals surface area contributed by atoms with E-state index in [0.29, 0.717) is 33.9 Å². The van der Waals surface area contributed by atoms with Crippen LogP contribution in [0.1, 0.15) is 11.1 Å². The van der Waals surface area contributed by atoms with Gasteiger partial charge in [0, 0.05) is 60.5 Å². The molecule has 0 atom stereocenters. The lowest BCUT2D eigenvalue weighted by Crippen LogP contribution is -2.02. The fourth-order valence-corrected chi connectivity index (χ4v) is 10.8. The average molecular weight is 967 g/mol. The van der Waals surface area contributed by atoms with Gasteiger partial charge in [-0.05, 0) is 101 Å². The van der Waals surface area contributed by atoms with Crippen molar-refractivity contribution in [3.05, 3.63) is 264 Å². The number of nitriles is 2. The summed E-state index contributed by atoms with van der Waals surface area (Å²) in [5, 5.41) is 24.3. The van der Waals surface area contributed by atoms with E-state index in [1.807, 2.05) is 72.8 Å². The summed E-state index contributed by atoms with van der Waals surface area (Å²) in [6, 6.07) is 82.2. The summed E-state index contributed by atoms with van der Waals surface area (Å²) in [5.74, 6) is 0.620. The van der Waals surface area contributed by atoms with Gasteiger partial charge >= 0.3 is 0 Å². The molecule has 0 radical (unpaired) electrons. The number of rotatable bonds is 8. The molecule has 0 unspecified atom stereocenters. The topological polar surface area (TPSA) is 91.9 Å². The van der Waals surface area contributed by atoms with E-state index in [1.54, 1.807) is 24.3 Å². The molecule has 8 nitrogen and oxygen atoms in total. The van der Waals surface area contributed by atoms with Crippen LogP contribution in [-0.4, -0.2) is 19.1 Å². The van der Waals surface area contributed by atoms with Gasteiger partial charge in [-0.15, -0.1) is 0 Å². The van der Waals surface area contributed by atoms with Crippen molar-refractivity contribution in [2.24, 2.45) is 0 Å². The van der Waals surface area contributed by atoms with Crippen LogP contribution >= 0.6 is 0 Å². The third kappa shape index (κ3) is 7.51. The van der Waals surface area contributed by atoms with E-state index >= 15 is 0 Å². The molecule has 8 heteroatoms. The molecule has 0 fully saturated rings. The Balaban J connectivity index is 1.12. The summed E-state index contributed by atoms with van der Waals surface area (Å²) in [6.45, 7) is 15.8. The van der Waals surface area contributed by atoms with Crippen molar-refractivity contribution in [2.45, 2.75) is 0 Å². The minimum absolute atomic E-state index is 0.386. The van der Waals surface area contributed by atoms with E-state index in [-0.39, 0.29) is 0 Å². The highest BCUT2D eigenvalue weighted by Gasteiger charge is 2.23. The standard InChI is InChI=1S/C68H38N8/c1-71-50-29-31-51(49(36-50)42-70)46-26-32-66-57(37-46)58-38-47(52-30-25-43(41-69)35-61(52)72-2)27-33-67(58)76(66)65-34-28-48(60-40-59(44-15-5-3-6-16-44)73-68(74-60)45-17-7-4-8-18-45)39-56(65)55-21-11-14-24-64(55)75-62-22-12-9-19-53(62)54-20-10-13-23-63(54)75/h3-40H. The quantitative estimate of drug-likeness (QED) is 0.142. The van der Waals surface area contributed by atoms with Crippen molar-refractivity contribution in [2.75, 3.05) is 0 Å². The maximum Gasteiger partial charge on any atom is 0.196 e. The normalized spacial score (nSPS) is 11.1. The molecule has 0 aliphatic rings. The van der Waals surface area contributed by atoms with Crippen LogP contribution in [0.25, 0.3) is 132 Å². The fourth-order valence-electron chi connectivity index (χ4n) is 10.8. The van der Waals surface area contributed by atoms with Crippen LogP contribution in [0.5, 0.6) is 0 Å². The number of benzene rings is 10. The zero-order valence-corrected chi connectivity index (χ0v) is 40.5. The van der Waals surface area contributed by atoms with E-state index in [2.05, 4.69) is 164 Å². The Morgan fingerprint density at radius 1 is 0.368 bits per heavy atom. The van der Waals surface area contributed by atoms with Crippen LogP contribution in [0.3, 0.4) is 0 Å². The van der Waals surface area contributed by atoms with Crippen molar-refractivity contribution >= 4 is 55.0 Å². The van der Waals surface area contributed by atoms with Crippen LogP contribution in [0, 0.1) is 35.8 Å². The predicted molar refractivity (Wildman–Crippen MR) is 305 cm³/mol. The van der Waals surface area contributed by atoms with Gasteiger partial charge in [-0.2, -0.15) is 10.5 Å². The van der Waals surface area contributed by atoms with Crippen molar-refractivity contribution < 1.29 is 0 Å². The summed E-state index contributed by atoms with van der Waals surface area (Å²) >= 11 is 0. The van der Waals surface area contributed by atoms with Gasteiger partial charge in [-0.3, -0.25) is 0 Å². The van der Waals surface area contributed by atoms with E-state index in [4.69, 9.17) is 23.1 Å². The molecule has 0 saturated heterocycles. The molecule has 3 heterocycles. The second-order valence-electron chi connectivity index (χ2n) is 18.5. The van der Waals surface area contributed by atoms with Gasteiger partial charge in [0.1, 0.15) is 0 Å². The van der Waals surface area contributed by atoms with Crippen molar-refractivity contribution in [3.8, 4) is 90.8 Å². The summed E-state index contributed by atoms with van der Waals surface area (Å²) < 4.78 is 4.68. The minimum Gasteiger partial charge on any atom is -0.309 e. The van der Waals surface area contributed by atoms with Gasteiger partial charge in [-0.1, -0.05) is 152 Å². The molecule has 0 aliphatic carbocycles. The van der Waals surface area contributed by atoms with Crippen molar-refractivity contribution in [1.29, 1.82) is 10.5 Å². The first-order valence-electron chi connectivity index (χ1n) is 24.6. The van der Waals surface area contributed by atoms with Gasteiger partial charge in [0.2, 0.25) is 0 Å². The summed E-state index contributed by atoms with van der Waals surface area (Å²) in [7, 11) is 0. The zero-order chi connectivity index (χ0) is 51.3. The van der Waals surface area contributed by atoms with E-state index < -0.39 is 0 Å². The Bertz CT molecular complexity index is 4450. The lowest BCUT2D eigenvalue weighted by atomic mass is 9.96. The fraction of sp³-hybridized carbons (Fsp3) is 0. The highest BCUT2D eigenvalue weighted by atomic mass is 15.0. The molecule has 76 heavy (non-hydrogen) atoms. The van der Waals surface area contributed by atoms with Gasteiger partial charge < -0.3 is 9.13 Å². The van der Waals surface area contributed by atoms with Crippen LogP contribution in [0.4, 0.5) is 11.4 Å². The smallest absolute Gasteiger partial charge is 0.196 e. The summed E-state index contributed by atoms with van der Waals surface area (Å²) in [6.07, 6.45) is 0. The molecule has 0 saturated carbocycles.